The van der Waals surface area contributed by atoms with E-state index in [9.17, 15) is 12.8 Å². The number of benzene rings is 2. The van der Waals surface area contributed by atoms with Gasteiger partial charge < -0.3 is 5.32 Å². The summed E-state index contributed by atoms with van der Waals surface area (Å²) in [7, 11) is -3.70. The molecule has 0 unspecified atom stereocenters. The van der Waals surface area contributed by atoms with Gasteiger partial charge >= 0.3 is 0 Å². The third kappa shape index (κ3) is 4.35. The van der Waals surface area contributed by atoms with E-state index in [1.165, 1.54) is 18.2 Å². The molecule has 0 aromatic heterocycles. The van der Waals surface area contributed by atoms with Crippen LogP contribution in [0.4, 0.5) is 4.39 Å². The van der Waals surface area contributed by atoms with Crippen molar-refractivity contribution in [2.45, 2.75) is 24.9 Å². The summed E-state index contributed by atoms with van der Waals surface area (Å²) in [6, 6.07) is 11.3. The SMILES string of the molecule is Cc1ccc(F)c(CNCc2cccc(S(N)(=O)=O)c2)c1. The van der Waals surface area contributed by atoms with Crippen LogP contribution in [0.3, 0.4) is 0 Å². The zero-order valence-corrected chi connectivity index (χ0v) is 12.5. The number of primary sulfonamides is 1. The van der Waals surface area contributed by atoms with Crippen molar-refractivity contribution in [2.24, 2.45) is 5.14 Å². The molecule has 0 fully saturated rings. The smallest absolute Gasteiger partial charge is 0.238 e. The highest BCUT2D eigenvalue weighted by Gasteiger charge is 2.08. The number of hydrogen-bond donors (Lipinski definition) is 2. The maximum atomic E-state index is 13.6. The van der Waals surface area contributed by atoms with Crippen LogP contribution in [0.1, 0.15) is 16.7 Å². The Morgan fingerprint density at radius 1 is 1.14 bits per heavy atom. The topological polar surface area (TPSA) is 72.2 Å². The molecular weight excluding hydrogens is 291 g/mol. The van der Waals surface area contributed by atoms with Gasteiger partial charge in [-0.05, 0) is 30.7 Å². The van der Waals surface area contributed by atoms with Gasteiger partial charge in [-0.25, -0.2) is 17.9 Å². The molecular formula is C15H17FN2O2S. The number of aryl methyl sites for hydroxylation is 1. The van der Waals surface area contributed by atoms with E-state index in [4.69, 9.17) is 5.14 Å². The van der Waals surface area contributed by atoms with Gasteiger partial charge in [0.1, 0.15) is 5.82 Å². The van der Waals surface area contributed by atoms with Crippen molar-refractivity contribution in [3.05, 3.63) is 65.0 Å². The highest BCUT2D eigenvalue weighted by molar-refractivity contribution is 7.89. The highest BCUT2D eigenvalue weighted by Crippen LogP contribution is 2.12. The fraction of sp³-hybridized carbons (Fsp3) is 0.200. The summed E-state index contributed by atoms with van der Waals surface area (Å²) in [6.45, 7) is 2.70. The Hall–Kier alpha value is -1.76. The van der Waals surface area contributed by atoms with E-state index in [0.29, 0.717) is 18.7 Å². The second-order valence-corrected chi connectivity index (χ2v) is 6.45. The van der Waals surface area contributed by atoms with Crippen LogP contribution in [0, 0.1) is 12.7 Å². The third-order valence-electron chi connectivity index (χ3n) is 3.07. The Morgan fingerprint density at radius 2 is 1.90 bits per heavy atom. The van der Waals surface area contributed by atoms with E-state index in [1.807, 2.05) is 6.92 Å². The molecule has 0 radical (unpaired) electrons. The van der Waals surface area contributed by atoms with Crippen LogP contribution in [-0.2, 0) is 23.1 Å². The van der Waals surface area contributed by atoms with Crippen LogP contribution >= 0.6 is 0 Å². The quantitative estimate of drug-likeness (QED) is 0.888. The van der Waals surface area contributed by atoms with Gasteiger partial charge in [-0.2, -0.15) is 0 Å². The third-order valence-corrected chi connectivity index (χ3v) is 3.98. The average molecular weight is 308 g/mol. The van der Waals surface area contributed by atoms with Gasteiger partial charge in [-0.1, -0.05) is 29.8 Å². The summed E-state index contributed by atoms with van der Waals surface area (Å²) >= 11 is 0. The van der Waals surface area contributed by atoms with Crippen molar-refractivity contribution >= 4 is 10.0 Å². The molecule has 3 N–H and O–H groups in total. The molecule has 0 aliphatic carbocycles. The highest BCUT2D eigenvalue weighted by atomic mass is 32.2. The van der Waals surface area contributed by atoms with E-state index in [2.05, 4.69) is 5.32 Å². The number of halogens is 1. The molecule has 0 aliphatic rings. The van der Waals surface area contributed by atoms with Gasteiger partial charge in [0.05, 0.1) is 4.90 Å². The maximum Gasteiger partial charge on any atom is 0.238 e. The fourth-order valence-electron chi connectivity index (χ4n) is 2.01. The minimum Gasteiger partial charge on any atom is -0.309 e. The van der Waals surface area contributed by atoms with Gasteiger partial charge in [-0.15, -0.1) is 0 Å². The molecule has 0 aliphatic heterocycles. The summed E-state index contributed by atoms with van der Waals surface area (Å²) in [4.78, 5) is 0.0727. The van der Waals surface area contributed by atoms with E-state index in [0.717, 1.165) is 11.1 Å². The molecule has 2 aromatic carbocycles. The second kappa shape index (κ2) is 6.34. The van der Waals surface area contributed by atoms with Crippen LogP contribution in [-0.4, -0.2) is 8.42 Å². The lowest BCUT2D eigenvalue weighted by atomic mass is 10.1. The lowest BCUT2D eigenvalue weighted by Crippen LogP contribution is -2.15. The van der Waals surface area contributed by atoms with E-state index >= 15 is 0 Å². The standard InChI is InChI=1S/C15H17FN2O2S/c1-11-5-6-15(16)13(7-11)10-18-9-12-3-2-4-14(8-12)21(17,19)20/h2-8,18H,9-10H2,1H3,(H2,17,19,20). The van der Waals surface area contributed by atoms with Crippen molar-refractivity contribution in [3.8, 4) is 0 Å². The van der Waals surface area contributed by atoms with Gasteiger partial charge in [0.15, 0.2) is 0 Å². The normalized spacial score (nSPS) is 11.6. The number of nitrogens with two attached hydrogens (primary N) is 1. The summed E-state index contributed by atoms with van der Waals surface area (Å²) in [5.41, 5.74) is 2.34. The average Bonchev–Trinajstić information content (AvgIpc) is 2.42. The summed E-state index contributed by atoms with van der Waals surface area (Å²) in [5, 5.41) is 8.17. The van der Waals surface area contributed by atoms with Crippen molar-refractivity contribution in [1.82, 2.24) is 5.32 Å². The largest absolute Gasteiger partial charge is 0.309 e. The Labute approximate surface area is 123 Å². The summed E-state index contributed by atoms with van der Waals surface area (Å²) < 4.78 is 36.1. The first-order chi connectivity index (χ1) is 9.86. The first-order valence-electron chi connectivity index (χ1n) is 6.44. The van der Waals surface area contributed by atoms with Gasteiger partial charge in [0.2, 0.25) is 10.0 Å². The predicted octanol–water partition coefficient (Wildman–Crippen LogP) is 2.07. The molecule has 6 heteroatoms. The van der Waals surface area contributed by atoms with Crippen LogP contribution in [0.25, 0.3) is 0 Å². The minimum absolute atomic E-state index is 0.0727. The molecule has 0 atom stereocenters. The fourth-order valence-corrected chi connectivity index (χ4v) is 2.60. The molecule has 0 amide bonds. The molecule has 21 heavy (non-hydrogen) atoms. The molecule has 0 saturated heterocycles. The summed E-state index contributed by atoms with van der Waals surface area (Å²) in [5.74, 6) is -0.258. The number of hydrogen-bond acceptors (Lipinski definition) is 3. The molecule has 2 rings (SSSR count). The Balaban J connectivity index is 2.02. The first-order valence-corrected chi connectivity index (χ1v) is 7.98. The maximum absolute atomic E-state index is 13.6. The van der Waals surface area contributed by atoms with Crippen molar-refractivity contribution in [3.63, 3.8) is 0 Å². The monoisotopic (exact) mass is 308 g/mol. The zero-order valence-electron chi connectivity index (χ0n) is 11.6. The Bertz CT molecular complexity index is 745. The molecule has 2 aromatic rings. The van der Waals surface area contributed by atoms with E-state index in [1.54, 1.807) is 24.3 Å². The zero-order chi connectivity index (χ0) is 15.5. The lowest BCUT2D eigenvalue weighted by Gasteiger charge is -2.08. The predicted molar refractivity (Wildman–Crippen MR) is 79.5 cm³/mol. The molecule has 0 heterocycles. The Morgan fingerprint density at radius 3 is 2.62 bits per heavy atom. The minimum atomic E-state index is -3.70. The van der Waals surface area contributed by atoms with Gasteiger partial charge in [-0.3, -0.25) is 0 Å². The first kappa shape index (κ1) is 15.6. The van der Waals surface area contributed by atoms with Gasteiger partial charge in [0, 0.05) is 18.7 Å². The molecule has 4 nitrogen and oxygen atoms in total. The number of nitrogens with one attached hydrogen (secondary N) is 1. The summed E-state index contributed by atoms with van der Waals surface area (Å²) in [6.07, 6.45) is 0. The lowest BCUT2D eigenvalue weighted by molar-refractivity contribution is 0.587. The van der Waals surface area contributed by atoms with Crippen LogP contribution in [0.15, 0.2) is 47.4 Å². The molecule has 0 spiro atoms. The van der Waals surface area contributed by atoms with Crippen LogP contribution < -0.4 is 10.5 Å². The van der Waals surface area contributed by atoms with Crippen LogP contribution in [0.2, 0.25) is 0 Å². The van der Waals surface area contributed by atoms with E-state index in [-0.39, 0.29) is 10.7 Å². The van der Waals surface area contributed by atoms with Crippen molar-refractivity contribution in [2.75, 3.05) is 0 Å². The second-order valence-electron chi connectivity index (χ2n) is 4.89. The molecule has 0 saturated carbocycles. The number of sulfonamides is 1. The van der Waals surface area contributed by atoms with Crippen LogP contribution in [0.5, 0.6) is 0 Å². The van der Waals surface area contributed by atoms with E-state index < -0.39 is 10.0 Å². The van der Waals surface area contributed by atoms with Gasteiger partial charge in [0.25, 0.3) is 0 Å². The molecule has 112 valence electrons. The molecule has 0 bridgehead atoms. The van der Waals surface area contributed by atoms with Crippen molar-refractivity contribution < 1.29 is 12.8 Å². The van der Waals surface area contributed by atoms with Crippen molar-refractivity contribution in [1.29, 1.82) is 0 Å². The number of rotatable bonds is 5. The Kier molecular flexibility index (Phi) is 4.72.